The SMILES string of the molecule is Nc1c(F)c(F)c(F)c2c1c(=O)c(C(=O)O)cn2-c1ccc(F)cc1F. The maximum atomic E-state index is 14.3. The van der Waals surface area contributed by atoms with Gasteiger partial charge in [-0.15, -0.1) is 0 Å². The maximum Gasteiger partial charge on any atom is 0.341 e. The van der Waals surface area contributed by atoms with Crippen molar-refractivity contribution in [3.05, 3.63) is 69.3 Å². The van der Waals surface area contributed by atoms with Gasteiger partial charge in [-0.25, -0.2) is 26.7 Å². The minimum Gasteiger partial charge on any atom is -0.477 e. The highest BCUT2D eigenvalue weighted by molar-refractivity contribution is 5.98. The smallest absolute Gasteiger partial charge is 0.341 e. The van der Waals surface area contributed by atoms with Gasteiger partial charge < -0.3 is 15.4 Å². The van der Waals surface area contributed by atoms with Crippen LogP contribution in [0, 0.1) is 29.1 Å². The predicted molar refractivity (Wildman–Crippen MR) is 80.7 cm³/mol. The van der Waals surface area contributed by atoms with Gasteiger partial charge in [0, 0.05) is 12.3 Å². The molecule has 10 heteroatoms. The Hall–Kier alpha value is -3.43. The molecule has 0 atom stereocenters. The number of carboxylic acid groups (broad SMARTS) is 1. The first-order valence-corrected chi connectivity index (χ1v) is 6.85. The number of hydrogen-bond donors (Lipinski definition) is 2. The number of benzene rings is 2. The van der Waals surface area contributed by atoms with Crippen LogP contribution in [0.2, 0.25) is 0 Å². The topological polar surface area (TPSA) is 85.3 Å². The van der Waals surface area contributed by atoms with Crippen molar-refractivity contribution < 1.29 is 31.9 Å². The van der Waals surface area contributed by atoms with Gasteiger partial charge in [0.15, 0.2) is 17.5 Å². The number of aromatic carboxylic acids is 1. The van der Waals surface area contributed by atoms with Gasteiger partial charge in [-0.3, -0.25) is 4.79 Å². The molecule has 134 valence electrons. The molecule has 0 radical (unpaired) electrons. The van der Waals surface area contributed by atoms with E-state index in [-0.39, 0.29) is 0 Å². The monoisotopic (exact) mass is 370 g/mol. The number of pyridine rings is 1. The fraction of sp³-hybridized carbons (Fsp3) is 0. The Morgan fingerprint density at radius 1 is 1.04 bits per heavy atom. The molecule has 0 bridgehead atoms. The zero-order chi connectivity index (χ0) is 19.3. The molecule has 0 saturated carbocycles. The quantitative estimate of drug-likeness (QED) is 0.413. The largest absolute Gasteiger partial charge is 0.477 e. The minimum absolute atomic E-state index is 0.404. The first-order valence-electron chi connectivity index (χ1n) is 6.85. The summed E-state index contributed by atoms with van der Waals surface area (Å²) >= 11 is 0. The summed E-state index contributed by atoms with van der Waals surface area (Å²) in [4.78, 5) is 23.5. The number of carbonyl (C=O) groups is 1. The molecule has 0 aliphatic heterocycles. The van der Waals surface area contributed by atoms with Crippen molar-refractivity contribution >= 4 is 22.6 Å². The summed E-state index contributed by atoms with van der Waals surface area (Å²) < 4.78 is 69.5. The van der Waals surface area contributed by atoms with E-state index >= 15 is 0 Å². The number of rotatable bonds is 2. The zero-order valence-electron chi connectivity index (χ0n) is 12.5. The van der Waals surface area contributed by atoms with E-state index in [9.17, 15) is 31.5 Å². The summed E-state index contributed by atoms with van der Waals surface area (Å²) in [5.74, 6) is -9.86. The Labute approximate surface area is 140 Å². The third-order valence-electron chi connectivity index (χ3n) is 3.71. The number of nitrogens with two attached hydrogens (primary N) is 1. The number of nitrogens with zero attached hydrogens (tertiary/aromatic N) is 1. The molecule has 0 aliphatic carbocycles. The Morgan fingerprint density at radius 3 is 2.27 bits per heavy atom. The standard InChI is InChI=1S/C16H7F5N2O3/c17-5-1-2-8(7(18)3-5)23-4-6(16(25)26)15(24)9-13(22)11(20)10(19)12(21)14(9)23/h1-4H,22H2,(H,25,26). The highest BCUT2D eigenvalue weighted by Gasteiger charge is 2.26. The van der Waals surface area contributed by atoms with E-state index in [2.05, 4.69) is 0 Å². The summed E-state index contributed by atoms with van der Waals surface area (Å²) in [6.07, 6.45) is 0.517. The van der Waals surface area contributed by atoms with Crippen molar-refractivity contribution in [1.82, 2.24) is 4.57 Å². The summed E-state index contributed by atoms with van der Waals surface area (Å²) in [7, 11) is 0. The fourth-order valence-corrected chi connectivity index (χ4v) is 2.53. The molecule has 0 spiro atoms. The summed E-state index contributed by atoms with van der Waals surface area (Å²) in [5, 5.41) is 8.14. The van der Waals surface area contributed by atoms with E-state index in [0.717, 1.165) is 12.1 Å². The third-order valence-corrected chi connectivity index (χ3v) is 3.71. The summed E-state index contributed by atoms with van der Waals surface area (Å²) in [6, 6.07) is 1.97. The van der Waals surface area contributed by atoms with Gasteiger partial charge in [-0.05, 0) is 12.1 Å². The van der Waals surface area contributed by atoms with Crippen LogP contribution >= 0.6 is 0 Å². The van der Waals surface area contributed by atoms with Crippen molar-refractivity contribution in [3.63, 3.8) is 0 Å². The number of halogens is 5. The van der Waals surface area contributed by atoms with Crippen LogP contribution in [0.4, 0.5) is 27.6 Å². The number of anilines is 1. The summed E-state index contributed by atoms with van der Waals surface area (Å²) in [6.45, 7) is 0. The number of nitrogen functional groups attached to an aromatic ring is 1. The molecule has 0 amide bonds. The molecule has 0 unspecified atom stereocenters. The van der Waals surface area contributed by atoms with E-state index in [4.69, 9.17) is 10.8 Å². The van der Waals surface area contributed by atoms with E-state index in [0.29, 0.717) is 16.8 Å². The van der Waals surface area contributed by atoms with Crippen molar-refractivity contribution in [1.29, 1.82) is 0 Å². The first-order chi connectivity index (χ1) is 12.1. The van der Waals surface area contributed by atoms with Crippen LogP contribution in [-0.4, -0.2) is 15.6 Å². The van der Waals surface area contributed by atoms with Crippen molar-refractivity contribution in [2.45, 2.75) is 0 Å². The van der Waals surface area contributed by atoms with Gasteiger partial charge in [0.05, 0.1) is 22.3 Å². The summed E-state index contributed by atoms with van der Waals surface area (Å²) in [5.41, 5.74) is 0.208. The molecule has 3 aromatic rings. The van der Waals surface area contributed by atoms with Crippen LogP contribution in [0.3, 0.4) is 0 Å². The highest BCUT2D eigenvalue weighted by Crippen LogP contribution is 2.30. The lowest BCUT2D eigenvalue weighted by Crippen LogP contribution is -2.22. The lowest BCUT2D eigenvalue weighted by molar-refractivity contribution is 0.0695. The van der Waals surface area contributed by atoms with Crippen LogP contribution in [0.15, 0.2) is 29.2 Å². The molecular weight excluding hydrogens is 363 g/mol. The number of hydrogen-bond acceptors (Lipinski definition) is 3. The lowest BCUT2D eigenvalue weighted by Gasteiger charge is -2.16. The van der Waals surface area contributed by atoms with E-state index in [1.165, 1.54) is 0 Å². The van der Waals surface area contributed by atoms with Crippen LogP contribution in [0.1, 0.15) is 10.4 Å². The molecule has 0 fully saturated rings. The molecule has 5 nitrogen and oxygen atoms in total. The van der Waals surface area contributed by atoms with Gasteiger partial charge in [-0.2, -0.15) is 0 Å². The zero-order valence-corrected chi connectivity index (χ0v) is 12.5. The van der Waals surface area contributed by atoms with Gasteiger partial charge in [-0.1, -0.05) is 0 Å². The van der Waals surface area contributed by atoms with Gasteiger partial charge in [0.1, 0.15) is 17.2 Å². The van der Waals surface area contributed by atoms with E-state index in [1.807, 2.05) is 0 Å². The second kappa shape index (κ2) is 5.83. The predicted octanol–water partition coefficient (Wildman–Crippen LogP) is 2.97. The number of fused-ring (bicyclic) bond motifs is 1. The Bertz CT molecular complexity index is 1160. The molecule has 1 aromatic heterocycles. The molecule has 3 rings (SSSR count). The Kier molecular flexibility index (Phi) is 3.90. The molecule has 0 aliphatic rings. The Morgan fingerprint density at radius 2 is 1.69 bits per heavy atom. The molecule has 26 heavy (non-hydrogen) atoms. The molecule has 2 aromatic carbocycles. The normalized spacial score (nSPS) is 11.1. The van der Waals surface area contributed by atoms with Crippen molar-refractivity contribution in [2.75, 3.05) is 5.73 Å². The molecular formula is C16H7F5N2O3. The molecule has 1 heterocycles. The van der Waals surface area contributed by atoms with Gasteiger partial charge in [0.2, 0.25) is 5.43 Å². The van der Waals surface area contributed by atoms with Crippen LogP contribution in [0.25, 0.3) is 16.6 Å². The minimum atomic E-state index is -2.03. The average Bonchev–Trinajstić information content (AvgIpc) is 2.57. The van der Waals surface area contributed by atoms with E-state index < -0.39 is 68.3 Å². The van der Waals surface area contributed by atoms with Crippen molar-refractivity contribution in [3.8, 4) is 5.69 Å². The maximum absolute atomic E-state index is 14.3. The van der Waals surface area contributed by atoms with Crippen LogP contribution in [-0.2, 0) is 0 Å². The van der Waals surface area contributed by atoms with Gasteiger partial charge >= 0.3 is 5.97 Å². The van der Waals surface area contributed by atoms with E-state index in [1.54, 1.807) is 0 Å². The van der Waals surface area contributed by atoms with Crippen LogP contribution < -0.4 is 11.2 Å². The fourth-order valence-electron chi connectivity index (χ4n) is 2.53. The second-order valence-corrected chi connectivity index (χ2v) is 5.22. The first kappa shape index (κ1) is 17.4. The average molecular weight is 370 g/mol. The Balaban J connectivity index is 2.64. The van der Waals surface area contributed by atoms with Crippen LogP contribution in [0.5, 0.6) is 0 Å². The molecule has 3 N–H and O–H groups in total. The third kappa shape index (κ3) is 2.38. The number of carboxylic acids is 1. The van der Waals surface area contributed by atoms with Crippen molar-refractivity contribution in [2.24, 2.45) is 0 Å². The van der Waals surface area contributed by atoms with Gasteiger partial charge in [0.25, 0.3) is 0 Å². The number of aromatic nitrogens is 1. The second-order valence-electron chi connectivity index (χ2n) is 5.22. The highest BCUT2D eigenvalue weighted by atomic mass is 19.2. The lowest BCUT2D eigenvalue weighted by atomic mass is 10.1. The molecule has 0 saturated heterocycles.